The van der Waals surface area contributed by atoms with E-state index in [9.17, 15) is 8.42 Å². The lowest BCUT2D eigenvalue weighted by molar-refractivity contribution is 0.505. The van der Waals surface area contributed by atoms with Gasteiger partial charge in [0.15, 0.2) is 0 Å². The highest BCUT2D eigenvalue weighted by atomic mass is 32.2. The molecule has 0 saturated heterocycles. The topological polar surface area (TPSA) is 34.1 Å². The Morgan fingerprint density at radius 1 is 0.640 bits per heavy atom. The van der Waals surface area contributed by atoms with Crippen LogP contribution in [-0.2, 0) is 20.7 Å². The molecule has 2 nitrogen and oxygen atoms in total. The summed E-state index contributed by atoms with van der Waals surface area (Å²) < 4.78 is 25.8. The fraction of sp³-hybridized carbons (Fsp3) is 0.455. The summed E-state index contributed by atoms with van der Waals surface area (Å²) in [5, 5.41) is 0. The minimum absolute atomic E-state index is 0.0513. The maximum absolute atomic E-state index is 12.9. The summed E-state index contributed by atoms with van der Waals surface area (Å²) in [5.41, 5.74) is 2.42. The molecule has 3 heteroatoms. The summed E-state index contributed by atoms with van der Waals surface area (Å²) >= 11 is 0. The Bertz CT molecular complexity index is 746. The van der Waals surface area contributed by atoms with Gasteiger partial charge in [-0.15, -0.1) is 0 Å². The molecule has 0 atom stereocenters. The van der Waals surface area contributed by atoms with E-state index in [0.29, 0.717) is 9.79 Å². The van der Waals surface area contributed by atoms with Crippen LogP contribution in [0.25, 0.3) is 0 Å². The predicted octanol–water partition coefficient (Wildman–Crippen LogP) is 5.89. The fourth-order valence-electron chi connectivity index (χ4n) is 2.71. The van der Waals surface area contributed by atoms with Crippen LogP contribution in [0.5, 0.6) is 0 Å². The van der Waals surface area contributed by atoms with E-state index in [1.165, 1.54) is 0 Å². The molecule has 2 aromatic rings. The lowest BCUT2D eigenvalue weighted by atomic mass is 9.82. The van der Waals surface area contributed by atoms with Crippen LogP contribution in [0.15, 0.2) is 58.3 Å². The smallest absolute Gasteiger partial charge is 0.206 e. The third-order valence-electron chi connectivity index (χ3n) is 5.66. The second-order valence-electron chi connectivity index (χ2n) is 8.03. The van der Waals surface area contributed by atoms with Gasteiger partial charge in [0.25, 0.3) is 0 Å². The van der Waals surface area contributed by atoms with Crippen molar-refractivity contribution < 1.29 is 8.42 Å². The van der Waals surface area contributed by atoms with Crippen molar-refractivity contribution in [3.63, 3.8) is 0 Å². The molecule has 136 valence electrons. The van der Waals surface area contributed by atoms with Gasteiger partial charge in [-0.1, -0.05) is 65.8 Å². The quantitative estimate of drug-likeness (QED) is 0.645. The largest absolute Gasteiger partial charge is 0.219 e. The van der Waals surface area contributed by atoms with E-state index < -0.39 is 9.84 Å². The SMILES string of the molecule is CCC(C)(C)c1ccc(S(=O)(=O)c2ccc(C(C)(C)CC)cc2)cc1. The summed E-state index contributed by atoms with van der Waals surface area (Å²) in [5.74, 6) is 0. The van der Waals surface area contributed by atoms with Gasteiger partial charge in [-0.25, -0.2) is 8.42 Å². The Morgan fingerprint density at radius 2 is 0.920 bits per heavy atom. The average Bonchev–Trinajstić information content (AvgIpc) is 2.62. The molecule has 0 aromatic heterocycles. The molecule has 2 rings (SSSR count). The summed E-state index contributed by atoms with van der Waals surface area (Å²) in [4.78, 5) is 0.705. The van der Waals surface area contributed by atoms with Crippen LogP contribution >= 0.6 is 0 Å². The van der Waals surface area contributed by atoms with Crippen molar-refractivity contribution in [3.05, 3.63) is 59.7 Å². The monoisotopic (exact) mass is 358 g/mol. The Balaban J connectivity index is 2.36. The average molecular weight is 359 g/mol. The second kappa shape index (κ2) is 6.95. The van der Waals surface area contributed by atoms with Crippen LogP contribution < -0.4 is 0 Å². The molecular weight excluding hydrogens is 328 g/mol. The Morgan fingerprint density at radius 3 is 1.16 bits per heavy atom. The van der Waals surface area contributed by atoms with Gasteiger partial charge in [0.2, 0.25) is 9.84 Å². The molecule has 25 heavy (non-hydrogen) atoms. The molecule has 0 N–H and O–H groups in total. The van der Waals surface area contributed by atoms with Gasteiger partial charge >= 0.3 is 0 Å². The number of sulfone groups is 1. The molecule has 0 radical (unpaired) electrons. The van der Waals surface area contributed by atoms with Crippen LogP contribution in [0.4, 0.5) is 0 Å². The van der Waals surface area contributed by atoms with Crippen molar-refractivity contribution in [1.29, 1.82) is 0 Å². The van der Waals surface area contributed by atoms with E-state index in [1.807, 2.05) is 24.3 Å². The van der Waals surface area contributed by atoms with Gasteiger partial charge in [-0.05, 0) is 59.1 Å². The van der Waals surface area contributed by atoms with E-state index in [2.05, 4.69) is 41.5 Å². The maximum Gasteiger partial charge on any atom is 0.206 e. The van der Waals surface area contributed by atoms with E-state index >= 15 is 0 Å². The van der Waals surface area contributed by atoms with Crippen molar-refractivity contribution in [2.75, 3.05) is 0 Å². The normalized spacial score (nSPS) is 13.0. The summed E-state index contributed by atoms with van der Waals surface area (Å²) in [6.45, 7) is 13.0. The third kappa shape index (κ3) is 3.98. The van der Waals surface area contributed by atoms with Crippen LogP contribution in [0.1, 0.15) is 65.5 Å². The van der Waals surface area contributed by atoms with Gasteiger partial charge in [0.05, 0.1) is 9.79 Å². The number of hydrogen-bond acceptors (Lipinski definition) is 2. The molecule has 0 saturated carbocycles. The third-order valence-corrected chi connectivity index (χ3v) is 7.45. The predicted molar refractivity (Wildman–Crippen MR) is 105 cm³/mol. The molecular formula is C22H30O2S. The first-order chi connectivity index (χ1) is 11.5. The molecule has 0 aliphatic carbocycles. The highest BCUT2D eigenvalue weighted by Gasteiger charge is 2.23. The Kier molecular flexibility index (Phi) is 5.48. The molecule has 0 fully saturated rings. The van der Waals surface area contributed by atoms with E-state index in [4.69, 9.17) is 0 Å². The van der Waals surface area contributed by atoms with Crippen LogP contribution in [0, 0.1) is 0 Å². The number of rotatable bonds is 6. The van der Waals surface area contributed by atoms with Crippen LogP contribution in [0.3, 0.4) is 0 Å². The van der Waals surface area contributed by atoms with Gasteiger partial charge < -0.3 is 0 Å². The molecule has 0 spiro atoms. The summed E-state index contributed by atoms with van der Waals surface area (Å²) in [7, 11) is -3.48. The van der Waals surface area contributed by atoms with Gasteiger partial charge in [-0.3, -0.25) is 0 Å². The zero-order valence-electron chi connectivity index (χ0n) is 16.3. The standard InChI is InChI=1S/C22H30O2S/c1-7-21(3,4)17-9-13-19(14-10-17)25(23,24)20-15-11-18(12-16-20)22(5,6)8-2/h9-16H,7-8H2,1-6H3. The molecule has 0 bridgehead atoms. The zero-order valence-corrected chi connectivity index (χ0v) is 17.1. The second-order valence-corrected chi connectivity index (χ2v) is 9.98. The first-order valence-electron chi connectivity index (χ1n) is 9.01. The molecule has 0 heterocycles. The fourth-order valence-corrected chi connectivity index (χ4v) is 3.98. The first-order valence-corrected chi connectivity index (χ1v) is 10.5. The maximum atomic E-state index is 12.9. The molecule has 0 aliphatic rings. The van der Waals surface area contributed by atoms with E-state index in [1.54, 1.807) is 24.3 Å². The summed E-state index contributed by atoms with van der Waals surface area (Å²) in [6, 6.07) is 14.7. The highest BCUT2D eigenvalue weighted by Crippen LogP contribution is 2.31. The van der Waals surface area contributed by atoms with Crippen LogP contribution in [0.2, 0.25) is 0 Å². The van der Waals surface area contributed by atoms with E-state index in [-0.39, 0.29) is 10.8 Å². The van der Waals surface area contributed by atoms with E-state index in [0.717, 1.165) is 24.0 Å². The number of hydrogen-bond donors (Lipinski definition) is 0. The van der Waals surface area contributed by atoms with Crippen molar-refractivity contribution in [2.24, 2.45) is 0 Å². The minimum atomic E-state index is -3.48. The molecule has 0 unspecified atom stereocenters. The molecule has 2 aromatic carbocycles. The lowest BCUT2D eigenvalue weighted by Gasteiger charge is -2.24. The van der Waals surface area contributed by atoms with Crippen LogP contribution in [-0.4, -0.2) is 8.42 Å². The highest BCUT2D eigenvalue weighted by molar-refractivity contribution is 7.91. The lowest BCUT2D eigenvalue weighted by Crippen LogP contribution is -2.16. The van der Waals surface area contributed by atoms with Gasteiger partial charge in [0.1, 0.15) is 0 Å². The summed E-state index contributed by atoms with van der Waals surface area (Å²) in [6.07, 6.45) is 2.02. The van der Waals surface area contributed by atoms with Crippen molar-refractivity contribution in [2.45, 2.75) is 75.0 Å². The van der Waals surface area contributed by atoms with Crippen molar-refractivity contribution in [3.8, 4) is 0 Å². The van der Waals surface area contributed by atoms with Crippen molar-refractivity contribution in [1.82, 2.24) is 0 Å². The Labute approximate surface area is 153 Å². The minimum Gasteiger partial charge on any atom is -0.219 e. The molecule has 0 amide bonds. The van der Waals surface area contributed by atoms with Gasteiger partial charge in [-0.2, -0.15) is 0 Å². The van der Waals surface area contributed by atoms with Crippen molar-refractivity contribution >= 4 is 9.84 Å². The van der Waals surface area contributed by atoms with Gasteiger partial charge in [0, 0.05) is 0 Å². The number of benzene rings is 2. The zero-order chi connectivity index (χ0) is 18.9. The molecule has 0 aliphatic heterocycles. The Hall–Kier alpha value is -1.61. The first kappa shape index (κ1) is 19.7.